The SMILES string of the molecule is COc1ccc2cccnc2c1C(C)C. The Morgan fingerprint density at radius 1 is 1.20 bits per heavy atom. The summed E-state index contributed by atoms with van der Waals surface area (Å²) in [6.07, 6.45) is 1.83. The summed E-state index contributed by atoms with van der Waals surface area (Å²) in [7, 11) is 1.70. The van der Waals surface area contributed by atoms with Gasteiger partial charge in [0.2, 0.25) is 0 Å². The van der Waals surface area contributed by atoms with Crippen molar-refractivity contribution in [3.8, 4) is 5.75 Å². The lowest BCUT2D eigenvalue weighted by Crippen LogP contribution is -1.96. The Bertz CT molecular complexity index is 477. The molecule has 78 valence electrons. The van der Waals surface area contributed by atoms with Crippen molar-refractivity contribution in [2.75, 3.05) is 7.11 Å². The Morgan fingerprint density at radius 2 is 2.00 bits per heavy atom. The molecule has 0 amide bonds. The zero-order chi connectivity index (χ0) is 10.8. The first-order valence-corrected chi connectivity index (χ1v) is 5.15. The van der Waals surface area contributed by atoms with Crippen LogP contribution in [0.2, 0.25) is 0 Å². The van der Waals surface area contributed by atoms with E-state index in [1.807, 2.05) is 24.4 Å². The van der Waals surface area contributed by atoms with E-state index in [1.54, 1.807) is 7.11 Å². The lowest BCUT2D eigenvalue weighted by Gasteiger charge is -2.13. The van der Waals surface area contributed by atoms with Gasteiger partial charge in [-0.1, -0.05) is 19.9 Å². The average Bonchev–Trinajstić information content (AvgIpc) is 2.27. The highest BCUT2D eigenvalue weighted by Gasteiger charge is 2.12. The van der Waals surface area contributed by atoms with Crippen LogP contribution in [-0.2, 0) is 0 Å². The molecule has 0 saturated heterocycles. The van der Waals surface area contributed by atoms with Crippen LogP contribution in [0.15, 0.2) is 30.5 Å². The third kappa shape index (κ3) is 1.67. The molecule has 0 bridgehead atoms. The second-order valence-electron chi connectivity index (χ2n) is 3.91. The van der Waals surface area contributed by atoms with Gasteiger partial charge in [-0.15, -0.1) is 0 Å². The van der Waals surface area contributed by atoms with E-state index in [1.165, 1.54) is 10.9 Å². The Kier molecular flexibility index (Phi) is 2.58. The minimum Gasteiger partial charge on any atom is -0.496 e. The van der Waals surface area contributed by atoms with Gasteiger partial charge in [0.05, 0.1) is 12.6 Å². The third-order valence-electron chi connectivity index (χ3n) is 2.57. The van der Waals surface area contributed by atoms with Crippen LogP contribution in [0.4, 0.5) is 0 Å². The summed E-state index contributed by atoms with van der Waals surface area (Å²) in [5.74, 6) is 1.34. The van der Waals surface area contributed by atoms with Crippen LogP contribution in [0, 0.1) is 0 Å². The number of nitrogens with zero attached hydrogens (tertiary/aromatic N) is 1. The van der Waals surface area contributed by atoms with Crippen molar-refractivity contribution >= 4 is 10.9 Å². The molecule has 1 heterocycles. The summed E-state index contributed by atoms with van der Waals surface area (Å²) in [5.41, 5.74) is 2.24. The maximum atomic E-state index is 5.37. The molecule has 15 heavy (non-hydrogen) atoms. The van der Waals surface area contributed by atoms with E-state index in [0.717, 1.165) is 11.3 Å². The van der Waals surface area contributed by atoms with Crippen molar-refractivity contribution in [1.82, 2.24) is 4.98 Å². The van der Waals surface area contributed by atoms with Gasteiger partial charge in [0.15, 0.2) is 0 Å². The number of hydrogen-bond donors (Lipinski definition) is 0. The quantitative estimate of drug-likeness (QED) is 0.743. The molecule has 0 aliphatic carbocycles. The number of fused-ring (bicyclic) bond motifs is 1. The maximum absolute atomic E-state index is 5.37. The highest BCUT2D eigenvalue weighted by Crippen LogP contribution is 2.32. The summed E-state index contributed by atoms with van der Waals surface area (Å²) in [6, 6.07) is 8.10. The molecule has 0 saturated carbocycles. The third-order valence-corrected chi connectivity index (χ3v) is 2.57. The van der Waals surface area contributed by atoms with Gasteiger partial charge < -0.3 is 4.74 Å². The zero-order valence-electron chi connectivity index (χ0n) is 9.32. The van der Waals surface area contributed by atoms with E-state index in [2.05, 4.69) is 24.9 Å². The summed E-state index contributed by atoms with van der Waals surface area (Å²) in [4.78, 5) is 4.43. The fourth-order valence-corrected chi connectivity index (χ4v) is 1.89. The molecule has 1 aromatic carbocycles. The van der Waals surface area contributed by atoms with E-state index in [0.29, 0.717) is 5.92 Å². The van der Waals surface area contributed by atoms with Gasteiger partial charge in [-0.05, 0) is 24.1 Å². The minimum absolute atomic E-state index is 0.415. The Morgan fingerprint density at radius 3 is 2.67 bits per heavy atom. The highest BCUT2D eigenvalue weighted by atomic mass is 16.5. The molecular formula is C13H15NO. The monoisotopic (exact) mass is 201 g/mol. The number of benzene rings is 1. The maximum Gasteiger partial charge on any atom is 0.124 e. The van der Waals surface area contributed by atoms with Crippen LogP contribution < -0.4 is 4.74 Å². The van der Waals surface area contributed by atoms with Crippen LogP contribution in [0.25, 0.3) is 10.9 Å². The van der Waals surface area contributed by atoms with Crippen molar-refractivity contribution in [3.63, 3.8) is 0 Å². The fraction of sp³-hybridized carbons (Fsp3) is 0.308. The number of ether oxygens (including phenoxy) is 1. The van der Waals surface area contributed by atoms with Crippen molar-refractivity contribution in [2.24, 2.45) is 0 Å². The summed E-state index contributed by atoms with van der Waals surface area (Å²) >= 11 is 0. The highest BCUT2D eigenvalue weighted by molar-refractivity contribution is 5.84. The lowest BCUT2D eigenvalue weighted by atomic mass is 9.98. The molecule has 0 aliphatic rings. The zero-order valence-corrected chi connectivity index (χ0v) is 9.32. The molecule has 2 rings (SSSR count). The predicted octanol–water partition coefficient (Wildman–Crippen LogP) is 3.37. The van der Waals surface area contributed by atoms with E-state index >= 15 is 0 Å². The fourth-order valence-electron chi connectivity index (χ4n) is 1.89. The molecule has 0 aliphatic heterocycles. The Balaban J connectivity index is 2.79. The molecule has 0 radical (unpaired) electrons. The van der Waals surface area contributed by atoms with Crippen molar-refractivity contribution in [3.05, 3.63) is 36.0 Å². The molecule has 0 atom stereocenters. The van der Waals surface area contributed by atoms with Gasteiger partial charge >= 0.3 is 0 Å². The molecule has 2 heteroatoms. The molecule has 1 aromatic heterocycles. The standard InChI is InChI=1S/C13H15NO/c1-9(2)12-11(15-3)7-6-10-5-4-8-14-13(10)12/h4-9H,1-3H3. The second-order valence-corrected chi connectivity index (χ2v) is 3.91. The number of rotatable bonds is 2. The average molecular weight is 201 g/mol. The minimum atomic E-state index is 0.415. The van der Waals surface area contributed by atoms with Gasteiger partial charge in [-0.3, -0.25) is 4.98 Å². The van der Waals surface area contributed by atoms with E-state index < -0.39 is 0 Å². The summed E-state index contributed by atoms with van der Waals surface area (Å²) in [5, 5.41) is 1.17. The topological polar surface area (TPSA) is 22.1 Å². The van der Waals surface area contributed by atoms with Gasteiger partial charge in [-0.2, -0.15) is 0 Å². The van der Waals surface area contributed by atoms with Gasteiger partial charge in [0.25, 0.3) is 0 Å². The molecule has 2 nitrogen and oxygen atoms in total. The second kappa shape index (κ2) is 3.89. The van der Waals surface area contributed by atoms with Crippen LogP contribution in [0.3, 0.4) is 0 Å². The smallest absolute Gasteiger partial charge is 0.124 e. The van der Waals surface area contributed by atoms with Gasteiger partial charge in [-0.25, -0.2) is 0 Å². The van der Waals surface area contributed by atoms with E-state index in [4.69, 9.17) is 4.74 Å². The molecule has 2 aromatic rings. The number of aromatic nitrogens is 1. The molecule has 0 N–H and O–H groups in total. The van der Waals surface area contributed by atoms with Gasteiger partial charge in [0, 0.05) is 17.1 Å². The Hall–Kier alpha value is -1.57. The van der Waals surface area contributed by atoms with Gasteiger partial charge in [0.1, 0.15) is 5.75 Å². The molecule has 0 spiro atoms. The lowest BCUT2D eigenvalue weighted by molar-refractivity contribution is 0.408. The van der Waals surface area contributed by atoms with Crippen LogP contribution in [-0.4, -0.2) is 12.1 Å². The molecular weight excluding hydrogens is 186 g/mol. The van der Waals surface area contributed by atoms with Crippen LogP contribution >= 0.6 is 0 Å². The number of methoxy groups -OCH3 is 1. The van der Waals surface area contributed by atoms with Crippen molar-refractivity contribution < 1.29 is 4.74 Å². The van der Waals surface area contributed by atoms with Crippen molar-refractivity contribution in [1.29, 1.82) is 0 Å². The van der Waals surface area contributed by atoms with Crippen LogP contribution in [0.5, 0.6) is 5.75 Å². The normalized spacial score (nSPS) is 10.9. The van der Waals surface area contributed by atoms with E-state index in [9.17, 15) is 0 Å². The largest absolute Gasteiger partial charge is 0.496 e. The number of hydrogen-bond acceptors (Lipinski definition) is 2. The van der Waals surface area contributed by atoms with Crippen LogP contribution in [0.1, 0.15) is 25.3 Å². The van der Waals surface area contributed by atoms with E-state index in [-0.39, 0.29) is 0 Å². The first kappa shape index (κ1) is 9.97. The summed E-state index contributed by atoms with van der Waals surface area (Å²) < 4.78 is 5.37. The molecule has 0 fully saturated rings. The van der Waals surface area contributed by atoms with Crippen molar-refractivity contribution in [2.45, 2.75) is 19.8 Å². The first-order chi connectivity index (χ1) is 7.24. The molecule has 0 unspecified atom stereocenters. The Labute approximate surface area is 89.9 Å². The predicted molar refractivity (Wildman–Crippen MR) is 62.4 cm³/mol. The summed E-state index contributed by atoms with van der Waals surface area (Å²) in [6.45, 7) is 4.32. The number of pyridine rings is 1. The first-order valence-electron chi connectivity index (χ1n) is 5.15.